The van der Waals surface area contributed by atoms with Gasteiger partial charge >= 0.3 is 5.97 Å². The molecular formula is C18H27NO2. The Morgan fingerprint density at radius 2 is 2.10 bits per heavy atom. The van der Waals surface area contributed by atoms with Gasteiger partial charge in [-0.15, -0.1) is 0 Å². The van der Waals surface area contributed by atoms with E-state index in [1.54, 1.807) is 0 Å². The maximum Gasteiger partial charge on any atom is 0.305 e. The average molecular weight is 289 g/mol. The Bertz CT molecular complexity index is 458. The van der Waals surface area contributed by atoms with Crippen LogP contribution in [0.15, 0.2) is 24.3 Å². The van der Waals surface area contributed by atoms with E-state index in [1.165, 1.54) is 24.1 Å². The molecule has 1 atom stereocenters. The molecule has 0 spiro atoms. The summed E-state index contributed by atoms with van der Waals surface area (Å²) in [6.45, 7) is 5.74. The fraction of sp³-hybridized carbons (Fsp3) is 0.611. The highest BCUT2D eigenvalue weighted by Crippen LogP contribution is 2.30. The number of anilines is 1. The number of benzene rings is 1. The number of rotatable bonds is 7. The zero-order valence-corrected chi connectivity index (χ0v) is 13.3. The molecule has 0 N–H and O–H groups in total. The predicted octanol–water partition coefficient (Wildman–Crippen LogP) is 3.95. The quantitative estimate of drug-likeness (QED) is 0.562. The van der Waals surface area contributed by atoms with Crippen molar-refractivity contribution in [3.05, 3.63) is 29.8 Å². The summed E-state index contributed by atoms with van der Waals surface area (Å²) in [5.74, 6) is -0.0609. The molecule has 1 heterocycles. The molecule has 116 valence electrons. The zero-order chi connectivity index (χ0) is 15.1. The molecule has 1 aliphatic heterocycles. The molecule has 0 amide bonds. The van der Waals surface area contributed by atoms with Crippen molar-refractivity contribution in [1.29, 1.82) is 0 Å². The summed E-state index contributed by atoms with van der Waals surface area (Å²) in [7, 11) is 0. The van der Waals surface area contributed by atoms with E-state index in [4.69, 9.17) is 4.74 Å². The highest BCUT2D eigenvalue weighted by Gasteiger charge is 2.21. The van der Waals surface area contributed by atoms with Crippen LogP contribution in [0, 0.1) is 0 Å². The van der Waals surface area contributed by atoms with Crippen molar-refractivity contribution in [3.8, 4) is 0 Å². The first-order chi connectivity index (χ1) is 10.2. The molecular weight excluding hydrogens is 262 g/mol. The van der Waals surface area contributed by atoms with Crippen LogP contribution in [0.1, 0.15) is 51.5 Å². The first-order valence-electron chi connectivity index (χ1n) is 8.22. The van der Waals surface area contributed by atoms with Gasteiger partial charge in [-0.25, -0.2) is 0 Å². The minimum absolute atomic E-state index is 0.0609. The number of carbonyl (C=O) groups is 1. The zero-order valence-electron chi connectivity index (χ0n) is 13.3. The van der Waals surface area contributed by atoms with Crippen LogP contribution in [0.4, 0.5) is 5.69 Å². The molecule has 0 aromatic heterocycles. The van der Waals surface area contributed by atoms with Gasteiger partial charge in [-0.3, -0.25) is 4.79 Å². The summed E-state index contributed by atoms with van der Waals surface area (Å²) >= 11 is 0. The lowest BCUT2D eigenvalue weighted by Gasteiger charge is -2.37. The van der Waals surface area contributed by atoms with Crippen LogP contribution in [0.3, 0.4) is 0 Å². The smallest absolute Gasteiger partial charge is 0.305 e. The minimum Gasteiger partial charge on any atom is -0.466 e. The highest BCUT2D eigenvalue weighted by atomic mass is 16.5. The van der Waals surface area contributed by atoms with E-state index in [-0.39, 0.29) is 5.97 Å². The number of ether oxygens (including phenoxy) is 1. The number of carbonyl (C=O) groups excluding carboxylic acids is 1. The number of para-hydroxylation sites is 1. The third kappa shape index (κ3) is 4.48. The topological polar surface area (TPSA) is 29.5 Å². The Hall–Kier alpha value is -1.51. The number of hydrogen-bond acceptors (Lipinski definition) is 3. The van der Waals surface area contributed by atoms with Crippen molar-refractivity contribution in [3.63, 3.8) is 0 Å². The SMILES string of the molecule is CCOC(=O)CCCCCN1c2ccccc2CCC1C. The van der Waals surface area contributed by atoms with E-state index < -0.39 is 0 Å². The van der Waals surface area contributed by atoms with E-state index in [9.17, 15) is 4.79 Å². The van der Waals surface area contributed by atoms with Gasteiger partial charge in [0.25, 0.3) is 0 Å². The third-order valence-electron chi connectivity index (χ3n) is 4.25. The number of unbranched alkanes of at least 4 members (excludes halogenated alkanes) is 2. The summed E-state index contributed by atoms with van der Waals surface area (Å²) in [4.78, 5) is 13.8. The molecule has 0 saturated heterocycles. The lowest BCUT2D eigenvalue weighted by Crippen LogP contribution is -2.37. The second kappa shape index (κ2) is 8.06. The van der Waals surface area contributed by atoms with Crippen LogP contribution >= 0.6 is 0 Å². The molecule has 3 heteroatoms. The molecule has 0 radical (unpaired) electrons. The molecule has 21 heavy (non-hydrogen) atoms. The monoisotopic (exact) mass is 289 g/mol. The maximum absolute atomic E-state index is 11.3. The molecule has 3 nitrogen and oxygen atoms in total. The molecule has 1 aromatic carbocycles. The molecule has 1 unspecified atom stereocenters. The minimum atomic E-state index is -0.0609. The number of fused-ring (bicyclic) bond motifs is 1. The van der Waals surface area contributed by atoms with Gasteiger partial charge in [-0.2, -0.15) is 0 Å². The lowest BCUT2D eigenvalue weighted by molar-refractivity contribution is -0.143. The van der Waals surface area contributed by atoms with E-state index >= 15 is 0 Å². The van der Waals surface area contributed by atoms with Crippen molar-refractivity contribution in [1.82, 2.24) is 0 Å². The van der Waals surface area contributed by atoms with Gasteiger partial charge < -0.3 is 9.64 Å². The van der Waals surface area contributed by atoms with Crippen LogP contribution in [0.25, 0.3) is 0 Å². The van der Waals surface area contributed by atoms with Crippen LogP contribution in [-0.4, -0.2) is 25.2 Å². The fourth-order valence-corrected chi connectivity index (χ4v) is 3.06. The predicted molar refractivity (Wildman–Crippen MR) is 86.7 cm³/mol. The van der Waals surface area contributed by atoms with Gasteiger partial charge in [0.1, 0.15) is 0 Å². The van der Waals surface area contributed by atoms with Crippen LogP contribution in [0.2, 0.25) is 0 Å². The van der Waals surface area contributed by atoms with Gasteiger partial charge in [0.05, 0.1) is 6.61 Å². The van der Waals surface area contributed by atoms with Crippen molar-refractivity contribution >= 4 is 11.7 Å². The molecule has 0 aliphatic carbocycles. The van der Waals surface area contributed by atoms with E-state index in [1.807, 2.05) is 6.92 Å². The van der Waals surface area contributed by atoms with Crippen molar-refractivity contribution in [2.24, 2.45) is 0 Å². The van der Waals surface area contributed by atoms with Gasteiger partial charge in [0, 0.05) is 24.7 Å². The average Bonchev–Trinajstić information content (AvgIpc) is 2.49. The Labute approximate surface area is 128 Å². The maximum atomic E-state index is 11.3. The highest BCUT2D eigenvalue weighted by molar-refractivity contribution is 5.69. The summed E-state index contributed by atoms with van der Waals surface area (Å²) in [6, 6.07) is 9.36. The fourth-order valence-electron chi connectivity index (χ4n) is 3.06. The normalized spacial score (nSPS) is 17.4. The van der Waals surface area contributed by atoms with Gasteiger partial charge in [0.2, 0.25) is 0 Å². The molecule has 0 saturated carbocycles. The third-order valence-corrected chi connectivity index (χ3v) is 4.25. The van der Waals surface area contributed by atoms with Crippen molar-refractivity contribution in [2.75, 3.05) is 18.1 Å². The van der Waals surface area contributed by atoms with Gasteiger partial charge in [-0.1, -0.05) is 24.6 Å². The number of aryl methyl sites for hydroxylation is 1. The van der Waals surface area contributed by atoms with Crippen LogP contribution in [-0.2, 0) is 16.0 Å². The largest absolute Gasteiger partial charge is 0.466 e. The summed E-state index contributed by atoms with van der Waals surface area (Å²) in [5, 5.41) is 0. The van der Waals surface area contributed by atoms with Crippen LogP contribution in [0.5, 0.6) is 0 Å². The molecule has 0 bridgehead atoms. The Kier molecular flexibility index (Phi) is 6.09. The summed E-state index contributed by atoms with van der Waals surface area (Å²) in [5.41, 5.74) is 2.88. The molecule has 2 rings (SSSR count). The van der Waals surface area contributed by atoms with Gasteiger partial charge in [-0.05, 0) is 51.2 Å². The summed E-state index contributed by atoms with van der Waals surface area (Å²) in [6.07, 6.45) is 6.14. The van der Waals surface area contributed by atoms with Crippen molar-refractivity contribution in [2.45, 2.75) is 58.4 Å². The van der Waals surface area contributed by atoms with Crippen LogP contribution < -0.4 is 4.90 Å². The second-order valence-corrected chi connectivity index (χ2v) is 5.83. The number of hydrogen-bond donors (Lipinski definition) is 0. The molecule has 1 aromatic rings. The number of esters is 1. The molecule has 0 fully saturated rings. The number of nitrogens with zero attached hydrogens (tertiary/aromatic N) is 1. The van der Waals surface area contributed by atoms with Crippen molar-refractivity contribution < 1.29 is 9.53 Å². The first kappa shape index (κ1) is 15.9. The van der Waals surface area contributed by atoms with E-state index in [2.05, 4.69) is 36.1 Å². The Morgan fingerprint density at radius 3 is 2.90 bits per heavy atom. The van der Waals surface area contributed by atoms with E-state index in [0.717, 1.165) is 25.8 Å². The van der Waals surface area contributed by atoms with Gasteiger partial charge in [0.15, 0.2) is 0 Å². The van der Waals surface area contributed by atoms with E-state index in [0.29, 0.717) is 19.1 Å². The molecule has 1 aliphatic rings. The Morgan fingerprint density at radius 1 is 1.29 bits per heavy atom. The first-order valence-corrected chi connectivity index (χ1v) is 8.22. The Balaban J connectivity index is 1.77. The summed E-state index contributed by atoms with van der Waals surface area (Å²) < 4.78 is 4.95. The second-order valence-electron chi connectivity index (χ2n) is 5.83. The standard InChI is InChI=1S/C18H27NO2/c1-3-21-18(20)11-5-4-8-14-19-15(2)12-13-16-9-6-7-10-17(16)19/h6-7,9-10,15H,3-5,8,11-14H2,1-2H3. The lowest BCUT2D eigenvalue weighted by atomic mass is 9.96.